The monoisotopic (exact) mass is 486 g/mol. The summed E-state index contributed by atoms with van der Waals surface area (Å²) in [6, 6.07) is 0. The van der Waals surface area contributed by atoms with Gasteiger partial charge in [-0.2, -0.15) is 0 Å². The Bertz CT molecular complexity index is 521. The summed E-state index contributed by atoms with van der Waals surface area (Å²) in [5.74, 6) is -0.347. The molecule has 0 amide bonds. The minimum atomic E-state index is -1.15. The van der Waals surface area contributed by atoms with Crippen molar-refractivity contribution >= 4 is 5.97 Å². The topological polar surface area (TPSA) is 109 Å². The fourth-order valence-electron chi connectivity index (χ4n) is 3.75. The standard InChI is InChI=1S/C24H44O6.C3H6O/c1-2-3-4-5-6-7-8-9-10-11-12-13-14-15-16-17-22(27)29-19-21(26)24-23(28)20(25)18-30-24;1-3-2-4-3/h9-10,20-21,23-26,28H,2-8,11-19H2,1H3;3H,2H2,1H3/b10-9-;/t20-,21+,23+,24+;/m0./s1. The summed E-state index contributed by atoms with van der Waals surface area (Å²) in [5, 5.41) is 29.0. The molecule has 0 radical (unpaired) electrons. The Morgan fingerprint density at radius 3 is 1.94 bits per heavy atom. The normalized spacial score (nSPS) is 24.6. The van der Waals surface area contributed by atoms with Crippen LogP contribution < -0.4 is 0 Å². The molecule has 2 aliphatic rings. The van der Waals surface area contributed by atoms with Crippen molar-refractivity contribution in [3.63, 3.8) is 0 Å². The van der Waals surface area contributed by atoms with Gasteiger partial charge in [-0.1, -0.05) is 70.4 Å². The lowest BCUT2D eigenvalue weighted by Gasteiger charge is -2.20. The largest absolute Gasteiger partial charge is 0.463 e. The Kier molecular flexibility index (Phi) is 18.5. The number of ether oxygens (including phenoxy) is 3. The second kappa shape index (κ2) is 20.2. The van der Waals surface area contributed by atoms with Gasteiger partial charge in [0.1, 0.15) is 31.0 Å². The van der Waals surface area contributed by atoms with E-state index in [1.807, 2.05) is 0 Å². The quantitative estimate of drug-likeness (QED) is 0.114. The van der Waals surface area contributed by atoms with E-state index in [4.69, 9.17) is 14.2 Å². The van der Waals surface area contributed by atoms with Crippen LogP contribution in [0.25, 0.3) is 0 Å². The Hall–Kier alpha value is -0.990. The van der Waals surface area contributed by atoms with Crippen LogP contribution >= 0.6 is 0 Å². The highest BCUT2D eigenvalue weighted by atomic mass is 16.6. The molecule has 2 fully saturated rings. The van der Waals surface area contributed by atoms with Crippen molar-refractivity contribution in [3.8, 4) is 0 Å². The lowest BCUT2D eigenvalue weighted by atomic mass is 10.1. The van der Waals surface area contributed by atoms with Crippen molar-refractivity contribution in [2.24, 2.45) is 0 Å². The van der Waals surface area contributed by atoms with Crippen LogP contribution in [0.5, 0.6) is 0 Å². The van der Waals surface area contributed by atoms with Crippen LogP contribution in [0.3, 0.4) is 0 Å². The van der Waals surface area contributed by atoms with Crippen molar-refractivity contribution in [2.45, 2.75) is 134 Å². The van der Waals surface area contributed by atoms with Gasteiger partial charge >= 0.3 is 5.97 Å². The molecule has 0 aliphatic carbocycles. The first-order valence-corrected chi connectivity index (χ1v) is 13.5. The number of hydrogen-bond acceptors (Lipinski definition) is 7. The Balaban J connectivity index is 0.00000130. The van der Waals surface area contributed by atoms with Crippen molar-refractivity contribution in [1.82, 2.24) is 0 Å². The Morgan fingerprint density at radius 2 is 1.44 bits per heavy atom. The number of hydrogen-bond donors (Lipinski definition) is 3. The van der Waals surface area contributed by atoms with E-state index in [0.29, 0.717) is 12.5 Å². The molecule has 0 spiro atoms. The molecule has 0 aromatic rings. The van der Waals surface area contributed by atoms with Gasteiger partial charge in [-0.05, 0) is 39.0 Å². The molecule has 2 rings (SSSR count). The average molecular weight is 487 g/mol. The van der Waals surface area contributed by atoms with E-state index >= 15 is 0 Å². The second-order valence-corrected chi connectivity index (χ2v) is 9.58. The van der Waals surface area contributed by atoms with Gasteiger partial charge in [0.2, 0.25) is 0 Å². The minimum Gasteiger partial charge on any atom is -0.463 e. The van der Waals surface area contributed by atoms with Gasteiger partial charge in [-0.15, -0.1) is 0 Å². The van der Waals surface area contributed by atoms with E-state index in [1.54, 1.807) is 0 Å². The maximum absolute atomic E-state index is 11.7. The summed E-state index contributed by atoms with van der Waals surface area (Å²) in [6.07, 6.45) is 17.0. The van der Waals surface area contributed by atoms with E-state index in [1.165, 1.54) is 57.8 Å². The van der Waals surface area contributed by atoms with E-state index in [2.05, 4.69) is 26.0 Å². The number of carbonyl (C=O) groups excluding carboxylic acids is 1. The smallest absolute Gasteiger partial charge is 0.305 e. The number of epoxide rings is 1. The van der Waals surface area contributed by atoms with Crippen LogP contribution in [0.15, 0.2) is 12.2 Å². The van der Waals surface area contributed by atoms with E-state index in [-0.39, 0.29) is 19.2 Å². The average Bonchev–Trinajstić information content (AvgIpc) is 3.54. The molecule has 34 heavy (non-hydrogen) atoms. The molecule has 2 aliphatic heterocycles. The van der Waals surface area contributed by atoms with Gasteiger partial charge in [-0.3, -0.25) is 4.79 Å². The van der Waals surface area contributed by atoms with Crippen LogP contribution in [0.1, 0.15) is 104 Å². The summed E-state index contributed by atoms with van der Waals surface area (Å²) in [4.78, 5) is 11.7. The molecule has 5 atom stereocenters. The van der Waals surface area contributed by atoms with Crippen LogP contribution in [0, 0.1) is 0 Å². The molecule has 200 valence electrons. The highest BCUT2D eigenvalue weighted by molar-refractivity contribution is 5.69. The minimum absolute atomic E-state index is 0.0221. The van der Waals surface area contributed by atoms with Gasteiger partial charge in [0.15, 0.2) is 0 Å². The van der Waals surface area contributed by atoms with Crippen molar-refractivity contribution in [3.05, 3.63) is 12.2 Å². The summed E-state index contributed by atoms with van der Waals surface area (Å²) in [6.45, 7) is 5.04. The highest BCUT2D eigenvalue weighted by Gasteiger charge is 2.39. The van der Waals surface area contributed by atoms with E-state index < -0.39 is 24.4 Å². The molecule has 7 heteroatoms. The zero-order valence-electron chi connectivity index (χ0n) is 21.5. The molecule has 0 aromatic heterocycles. The molecular weight excluding hydrogens is 436 g/mol. The lowest BCUT2D eigenvalue weighted by Crippen LogP contribution is -2.41. The summed E-state index contributed by atoms with van der Waals surface area (Å²) < 4.78 is 14.9. The van der Waals surface area contributed by atoms with Gasteiger partial charge in [0.05, 0.1) is 19.3 Å². The van der Waals surface area contributed by atoms with Crippen molar-refractivity contribution in [2.75, 3.05) is 19.8 Å². The van der Waals surface area contributed by atoms with Crippen LogP contribution in [0.2, 0.25) is 0 Å². The number of carbonyl (C=O) groups is 1. The predicted octanol–water partition coefficient (Wildman–Crippen LogP) is 4.45. The number of unbranched alkanes of at least 4 members (excludes halogenated alkanes) is 11. The summed E-state index contributed by atoms with van der Waals surface area (Å²) in [7, 11) is 0. The van der Waals surface area contributed by atoms with Gasteiger partial charge in [0.25, 0.3) is 0 Å². The first kappa shape index (κ1) is 31.0. The third-order valence-corrected chi connectivity index (χ3v) is 6.13. The second-order valence-electron chi connectivity index (χ2n) is 9.58. The lowest BCUT2D eigenvalue weighted by molar-refractivity contribution is -0.151. The van der Waals surface area contributed by atoms with Crippen molar-refractivity contribution in [1.29, 1.82) is 0 Å². The van der Waals surface area contributed by atoms with E-state index in [0.717, 1.165) is 32.3 Å². The van der Waals surface area contributed by atoms with E-state index in [9.17, 15) is 20.1 Å². The van der Waals surface area contributed by atoms with Gasteiger partial charge < -0.3 is 29.5 Å². The fourth-order valence-corrected chi connectivity index (χ4v) is 3.75. The zero-order valence-corrected chi connectivity index (χ0v) is 21.5. The highest BCUT2D eigenvalue weighted by Crippen LogP contribution is 2.18. The fraction of sp³-hybridized carbons (Fsp3) is 0.889. The maximum Gasteiger partial charge on any atom is 0.305 e. The number of aliphatic hydroxyl groups is 3. The van der Waals surface area contributed by atoms with Crippen LogP contribution in [-0.2, 0) is 19.0 Å². The number of allylic oxidation sites excluding steroid dienone is 2. The van der Waals surface area contributed by atoms with Crippen LogP contribution in [-0.4, -0.2) is 71.6 Å². The molecule has 1 unspecified atom stereocenters. The molecule has 2 saturated heterocycles. The molecular formula is C27H50O7. The summed E-state index contributed by atoms with van der Waals surface area (Å²) in [5.41, 5.74) is 0. The Labute approximate surface area is 206 Å². The van der Waals surface area contributed by atoms with Crippen molar-refractivity contribution < 1.29 is 34.3 Å². The third kappa shape index (κ3) is 16.6. The molecule has 0 bridgehead atoms. The third-order valence-electron chi connectivity index (χ3n) is 6.13. The van der Waals surface area contributed by atoms with Gasteiger partial charge in [0, 0.05) is 6.42 Å². The first-order valence-electron chi connectivity index (χ1n) is 13.5. The SMILES string of the molecule is CC1CO1.CCCCCCCC/C=C\CCCCCCCC(=O)OC[C@@H](O)[C@H]1OC[C@H](O)[C@H]1O. The zero-order chi connectivity index (χ0) is 25.0. The molecule has 3 N–H and O–H groups in total. The number of rotatable bonds is 18. The molecule has 0 saturated carbocycles. The molecule has 7 nitrogen and oxygen atoms in total. The molecule has 2 heterocycles. The number of esters is 1. The summed E-state index contributed by atoms with van der Waals surface area (Å²) >= 11 is 0. The Morgan fingerprint density at radius 1 is 0.912 bits per heavy atom. The predicted molar refractivity (Wildman–Crippen MR) is 134 cm³/mol. The van der Waals surface area contributed by atoms with Crippen LogP contribution in [0.4, 0.5) is 0 Å². The number of aliphatic hydroxyl groups excluding tert-OH is 3. The first-order chi connectivity index (χ1) is 16.5. The maximum atomic E-state index is 11.7. The van der Waals surface area contributed by atoms with Gasteiger partial charge in [-0.25, -0.2) is 0 Å². The molecule has 0 aromatic carbocycles.